The molecule has 4 heterocycles. The zero-order valence-corrected chi connectivity index (χ0v) is 15.7. The van der Waals surface area contributed by atoms with Gasteiger partial charge in [-0.25, -0.2) is 14.8 Å². The predicted octanol–water partition coefficient (Wildman–Crippen LogP) is 2.44. The van der Waals surface area contributed by atoms with Gasteiger partial charge in [-0.3, -0.25) is 9.47 Å². The van der Waals surface area contributed by atoms with E-state index in [1.807, 2.05) is 0 Å². The van der Waals surface area contributed by atoms with E-state index in [1.54, 1.807) is 22.9 Å². The Morgan fingerprint density at radius 1 is 1.22 bits per heavy atom. The predicted molar refractivity (Wildman–Crippen MR) is 102 cm³/mol. The minimum absolute atomic E-state index is 0.327. The van der Waals surface area contributed by atoms with E-state index in [4.69, 9.17) is 9.40 Å². The molecule has 0 aromatic carbocycles. The minimum Gasteiger partial charge on any atom is -0.406 e. The molecule has 1 atom stereocenters. The molecule has 0 spiro atoms. The summed E-state index contributed by atoms with van der Waals surface area (Å²) < 4.78 is 9.29. The maximum Gasteiger partial charge on any atom is 0.421 e. The molecule has 0 saturated carbocycles. The molecule has 3 aromatic heterocycles. The number of aromatic nitrogens is 4. The highest BCUT2D eigenvalue weighted by Gasteiger charge is 2.31. The smallest absolute Gasteiger partial charge is 0.406 e. The quantitative estimate of drug-likeness (QED) is 0.708. The Kier molecular flexibility index (Phi) is 4.11. The molecule has 27 heavy (non-hydrogen) atoms. The summed E-state index contributed by atoms with van der Waals surface area (Å²) in [6.07, 6.45) is 8.77. The Morgan fingerprint density at radius 2 is 2.11 bits per heavy atom. The van der Waals surface area contributed by atoms with Crippen LogP contribution in [-0.4, -0.2) is 37.1 Å². The van der Waals surface area contributed by atoms with Crippen molar-refractivity contribution in [1.29, 1.82) is 0 Å². The summed E-state index contributed by atoms with van der Waals surface area (Å²) in [6, 6.07) is 3.91. The van der Waals surface area contributed by atoms with Crippen LogP contribution in [0.3, 0.4) is 0 Å². The summed E-state index contributed by atoms with van der Waals surface area (Å²) in [5.41, 5.74) is 3.90. The molecule has 1 aliphatic heterocycles. The van der Waals surface area contributed by atoms with Crippen molar-refractivity contribution in [2.24, 2.45) is 7.05 Å². The van der Waals surface area contributed by atoms with Crippen molar-refractivity contribution in [3.05, 3.63) is 46.1 Å². The number of rotatable bonds is 4. The van der Waals surface area contributed by atoms with Crippen LogP contribution in [-0.2, 0) is 26.4 Å². The molecule has 142 valence electrons. The Balaban J connectivity index is 1.38. The maximum absolute atomic E-state index is 12.2. The highest BCUT2D eigenvalue weighted by Crippen LogP contribution is 2.33. The first-order valence-corrected chi connectivity index (χ1v) is 9.95. The lowest BCUT2D eigenvalue weighted by molar-refractivity contribution is 0.233. The first kappa shape index (κ1) is 16.7. The number of imidazole rings is 1. The molecule has 0 N–H and O–H groups in total. The number of fused-ring (bicyclic) bond motifs is 2. The fraction of sp³-hybridized carbons (Fsp3) is 0.550. The van der Waals surface area contributed by atoms with E-state index in [-0.39, 0.29) is 5.76 Å². The fourth-order valence-electron chi connectivity index (χ4n) is 4.72. The van der Waals surface area contributed by atoms with Gasteiger partial charge in [0.25, 0.3) is 0 Å². The van der Waals surface area contributed by atoms with Crippen molar-refractivity contribution >= 4 is 11.2 Å². The van der Waals surface area contributed by atoms with Gasteiger partial charge in [0.1, 0.15) is 5.82 Å². The van der Waals surface area contributed by atoms with Crippen LogP contribution in [0.25, 0.3) is 11.2 Å². The van der Waals surface area contributed by atoms with E-state index in [1.165, 1.54) is 36.5 Å². The van der Waals surface area contributed by atoms with E-state index in [0.717, 1.165) is 32.4 Å². The van der Waals surface area contributed by atoms with Gasteiger partial charge in [0.05, 0.1) is 11.7 Å². The van der Waals surface area contributed by atoms with Gasteiger partial charge in [0.15, 0.2) is 11.2 Å². The van der Waals surface area contributed by atoms with Crippen molar-refractivity contribution in [3.8, 4) is 0 Å². The molecule has 1 unspecified atom stereocenters. The zero-order chi connectivity index (χ0) is 18.4. The van der Waals surface area contributed by atoms with E-state index in [0.29, 0.717) is 23.8 Å². The van der Waals surface area contributed by atoms with Crippen LogP contribution >= 0.6 is 0 Å². The second-order valence-corrected chi connectivity index (χ2v) is 7.67. The zero-order valence-electron chi connectivity index (χ0n) is 15.7. The standard InChI is InChI=1S/C20H25N5O2/c1-23-15-7-3-2-6-14(15)22-18(23)16-8-5-11-24(16)12-13-25-19-17(27-20(25)26)9-4-10-21-19/h4,9-10,16H,2-3,5-8,11-13H2,1H3. The molecular weight excluding hydrogens is 342 g/mol. The summed E-state index contributed by atoms with van der Waals surface area (Å²) in [7, 11) is 2.17. The van der Waals surface area contributed by atoms with Gasteiger partial charge in [-0.05, 0) is 57.2 Å². The molecule has 1 aliphatic carbocycles. The van der Waals surface area contributed by atoms with Gasteiger partial charge in [-0.2, -0.15) is 0 Å². The molecule has 2 aliphatic rings. The number of hydrogen-bond acceptors (Lipinski definition) is 5. The highest BCUT2D eigenvalue weighted by atomic mass is 16.4. The van der Waals surface area contributed by atoms with Gasteiger partial charge in [-0.15, -0.1) is 0 Å². The number of pyridine rings is 1. The van der Waals surface area contributed by atoms with Crippen molar-refractivity contribution in [1.82, 2.24) is 24.0 Å². The number of nitrogens with zero attached hydrogens (tertiary/aromatic N) is 5. The maximum atomic E-state index is 12.2. The first-order valence-electron chi connectivity index (χ1n) is 9.95. The molecule has 0 radical (unpaired) electrons. The average molecular weight is 367 g/mol. The van der Waals surface area contributed by atoms with E-state index in [9.17, 15) is 4.79 Å². The summed E-state index contributed by atoms with van der Waals surface area (Å²) in [5, 5.41) is 0. The Bertz CT molecular complexity index is 1030. The van der Waals surface area contributed by atoms with Crippen LogP contribution in [0, 0.1) is 0 Å². The number of aryl methyl sites for hydroxylation is 1. The molecule has 5 rings (SSSR count). The van der Waals surface area contributed by atoms with Crippen molar-refractivity contribution < 1.29 is 4.42 Å². The molecule has 3 aromatic rings. The van der Waals surface area contributed by atoms with Crippen LogP contribution in [0.1, 0.15) is 48.9 Å². The number of hydrogen-bond donors (Lipinski definition) is 0. The van der Waals surface area contributed by atoms with E-state index >= 15 is 0 Å². The normalized spacial score (nSPS) is 20.4. The third kappa shape index (κ3) is 2.81. The SMILES string of the molecule is Cn1c(C2CCCN2CCn2c(=O)oc3cccnc32)nc2c1CCCC2. The van der Waals surface area contributed by atoms with Crippen LogP contribution in [0.5, 0.6) is 0 Å². The van der Waals surface area contributed by atoms with Crippen LogP contribution < -0.4 is 5.76 Å². The highest BCUT2D eigenvalue weighted by molar-refractivity contribution is 5.67. The summed E-state index contributed by atoms with van der Waals surface area (Å²) >= 11 is 0. The average Bonchev–Trinajstić information content (AvgIpc) is 3.36. The molecule has 7 nitrogen and oxygen atoms in total. The summed E-state index contributed by atoms with van der Waals surface area (Å²) in [5.74, 6) is 0.869. The van der Waals surface area contributed by atoms with Crippen molar-refractivity contribution in [2.75, 3.05) is 13.1 Å². The molecule has 0 amide bonds. The lowest BCUT2D eigenvalue weighted by Crippen LogP contribution is -2.31. The lowest BCUT2D eigenvalue weighted by Gasteiger charge is -2.24. The molecular formula is C20H25N5O2. The van der Waals surface area contributed by atoms with E-state index in [2.05, 4.69) is 21.5 Å². The van der Waals surface area contributed by atoms with Crippen molar-refractivity contribution in [2.45, 2.75) is 51.1 Å². The van der Waals surface area contributed by atoms with Crippen LogP contribution in [0.15, 0.2) is 27.5 Å². The van der Waals surface area contributed by atoms with Gasteiger partial charge < -0.3 is 8.98 Å². The van der Waals surface area contributed by atoms with E-state index < -0.39 is 0 Å². The van der Waals surface area contributed by atoms with Crippen molar-refractivity contribution in [3.63, 3.8) is 0 Å². The second-order valence-electron chi connectivity index (χ2n) is 7.67. The molecule has 0 bridgehead atoms. The molecule has 1 fully saturated rings. The first-order chi connectivity index (χ1) is 13.2. The van der Waals surface area contributed by atoms with Gasteiger partial charge >= 0.3 is 5.76 Å². The van der Waals surface area contributed by atoms with Crippen LogP contribution in [0.2, 0.25) is 0 Å². The van der Waals surface area contributed by atoms with Crippen LogP contribution in [0.4, 0.5) is 0 Å². The largest absolute Gasteiger partial charge is 0.421 e. The minimum atomic E-state index is -0.327. The monoisotopic (exact) mass is 367 g/mol. The topological polar surface area (TPSA) is 69.1 Å². The van der Waals surface area contributed by atoms with Gasteiger partial charge in [0.2, 0.25) is 0 Å². The Hall–Kier alpha value is -2.41. The lowest BCUT2D eigenvalue weighted by atomic mass is 10.0. The fourth-order valence-corrected chi connectivity index (χ4v) is 4.72. The number of oxazole rings is 1. The van der Waals surface area contributed by atoms with Gasteiger partial charge in [0, 0.05) is 32.0 Å². The number of likely N-dealkylation sites (tertiary alicyclic amines) is 1. The Labute approximate surface area is 157 Å². The Morgan fingerprint density at radius 3 is 3.00 bits per heavy atom. The third-order valence-electron chi connectivity index (χ3n) is 6.11. The van der Waals surface area contributed by atoms with Gasteiger partial charge in [-0.1, -0.05) is 0 Å². The second kappa shape index (κ2) is 6.64. The molecule has 1 saturated heterocycles. The third-order valence-corrected chi connectivity index (χ3v) is 6.11. The molecule has 7 heteroatoms. The summed E-state index contributed by atoms with van der Waals surface area (Å²) in [6.45, 7) is 2.43. The summed E-state index contributed by atoms with van der Waals surface area (Å²) in [4.78, 5) is 24.0.